The Labute approximate surface area is 140 Å². The molecular weight excluding hydrogens is 330 g/mol. The van der Waals surface area contributed by atoms with Gasteiger partial charge in [-0.3, -0.25) is 0 Å². The van der Waals surface area contributed by atoms with Gasteiger partial charge in [0.1, 0.15) is 28.8 Å². The van der Waals surface area contributed by atoms with Crippen LogP contribution in [0.3, 0.4) is 0 Å². The van der Waals surface area contributed by atoms with Gasteiger partial charge in [0.2, 0.25) is 0 Å². The smallest absolute Gasteiger partial charge is 0.374 e. The average molecular weight is 350 g/mol. The minimum Gasteiger partial charge on any atom is -0.497 e. The second-order valence-corrected chi connectivity index (χ2v) is 8.17. The third-order valence-corrected chi connectivity index (χ3v) is 6.02. The van der Waals surface area contributed by atoms with Crippen molar-refractivity contribution in [2.45, 2.75) is 19.4 Å². The lowest BCUT2D eigenvalue weighted by Gasteiger charge is -2.11. The van der Waals surface area contributed by atoms with Crippen molar-refractivity contribution in [3.8, 4) is 5.75 Å². The predicted molar refractivity (Wildman–Crippen MR) is 90.8 cm³/mol. The fourth-order valence-electron chi connectivity index (χ4n) is 2.89. The van der Waals surface area contributed by atoms with E-state index in [0.29, 0.717) is 22.7 Å². The molecule has 3 rings (SSSR count). The zero-order valence-corrected chi connectivity index (χ0v) is 14.4. The maximum Gasteiger partial charge on any atom is 0.374 e. The van der Waals surface area contributed by atoms with Crippen LogP contribution in [0.2, 0.25) is 0 Å². The number of hydrogen-bond donors (Lipinski definition) is 2. The highest BCUT2D eigenvalue weighted by Gasteiger charge is 2.44. The van der Waals surface area contributed by atoms with E-state index < -0.39 is 9.84 Å². The third-order valence-electron chi connectivity index (χ3n) is 4.25. The molecule has 2 aliphatic heterocycles. The van der Waals surface area contributed by atoms with Crippen molar-refractivity contribution in [2.24, 2.45) is 5.10 Å². The van der Waals surface area contributed by atoms with Gasteiger partial charge >= 0.3 is 5.91 Å². The molecule has 2 heterocycles. The molecule has 0 aliphatic carbocycles. The standard InChI is InChI=1S/C16H19N3O4S/c1-11-15(9-17-12-3-5-14(23-2)6-4-12)16(20)19(18-11)13-7-8-24(21,22)10-13/h3-6,9,13,17H,7-8,10H2,1-2H3/p+1/b15-9+/t13-/m0/s1. The summed E-state index contributed by atoms with van der Waals surface area (Å²) in [6, 6.07) is 7.04. The highest BCUT2D eigenvalue weighted by Crippen LogP contribution is 2.16. The molecule has 1 aromatic carbocycles. The van der Waals surface area contributed by atoms with E-state index in [1.54, 1.807) is 20.2 Å². The molecule has 1 fully saturated rings. The number of amides is 1. The van der Waals surface area contributed by atoms with Crippen molar-refractivity contribution < 1.29 is 23.0 Å². The van der Waals surface area contributed by atoms with E-state index >= 15 is 0 Å². The molecule has 2 aliphatic rings. The van der Waals surface area contributed by atoms with E-state index in [1.807, 2.05) is 24.3 Å². The molecule has 1 saturated heterocycles. The number of quaternary nitrogens is 1. The van der Waals surface area contributed by atoms with Crippen LogP contribution in [0.4, 0.5) is 5.69 Å². The van der Waals surface area contributed by atoms with Crippen LogP contribution in [0.1, 0.15) is 13.3 Å². The zero-order chi connectivity index (χ0) is 17.3. The van der Waals surface area contributed by atoms with E-state index in [-0.39, 0.29) is 23.5 Å². The van der Waals surface area contributed by atoms with Gasteiger partial charge in [0.25, 0.3) is 0 Å². The second-order valence-electron chi connectivity index (χ2n) is 5.94. The number of carbonyl (C=O) groups excluding carboxylic acids is 1. The minimum atomic E-state index is -3.04. The lowest BCUT2D eigenvalue weighted by atomic mass is 10.1. The molecule has 0 aromatic heterocycles. The average Bonchev–Trinajstić information content (AvgIpc) is 3.05. The number of ether oxygens (including phenoxy) is 1. The summed E-state index contributed by atoms with van der Waals surface area (Å²) in [4.78, 5) is 12.6. The lowest BCUT2D eigenvalue weighted by molar-refractivity contribution is -0.846. The maximum atomic E-state index is 12.6. The largest absolute Gasteiger partial charge is 0.497 e. The number of nitrogens with zero attached hydrogens (tertiary/aromatic N) is 1. The van der Waals surface area contributed by atoms with Crippen molar-refractivity contribution in [3.05, 3.63) is 36.0 Å². The van der Waals surface area contributed by atoms with Crippen LogP contribution in [-0.4, -0.2) is 44.7 Å². The summed E-state index contributed by atoms with van der Waals surface area (Å²) in [5.41, 5.74) is 1.91. The molecule has 8 heteroatoms. The molecule has 1 unspecified atom stereocenters. The molecule has 0 spiro atoms. The number of benzene rings is 1. The summed E-state index contributed by atoms with van der Waals surface area (Å²) < 4.78 is 28.3. The molecule has 1 aromatic rings. The Morgan fingerprint density at radius 1 is 1.33 bits per heavy atom. The number of anilines is 1. The van der Waals surface area contributed by atoms with Gasteiger partial charge in [0, 0.05) is 18.3 Å². The first-order valence-electron chi connectivity index (χ1n) is 7.68. The van der Waals surface area contributed by atoms with E-state index in [0.717, 1.165) is 11.4 Å². The van der Waals surface area contributed by atoms with Crippen LogP contribution < -0.4 is 15.1 Å². The van der Waals surface area contributed by atoms with E-state index in [1.165, 1.54) is 0 Å². The van der Waals surface area contributed by atoms with Crippen molar-refractivity contribution in [1.82, 2.24) is 0 Å². The van der Waals surface area contributed by atoms with E-state index in [2.05, 4.69) is 10.4 Å². The molecule has 0 radical (unpaired) electrons. The molecule has 24 heavy (non-hydrogen) atoms. The van der Waals surface area contributed by atoms with Gasteiger partial charge in [-0.05, 0) is 31.2 Å². The summed E-state index contributed by atoms with van der Waals surface area (Å²) in [5, 5.41) is 7.78. The fraction of sp³-hybridized carbons (Fsp3) is 0.375. The van der Waals surface area contributed by atoms with Gasteiger partial charge in [-0.1, -0.05) is 5.10 Å². The summed E-state index contributed by atoms with van der Waals surface area (Å²) in [5.74, 6) is 0.715. The minimum absolute atomic E-state index is 0.0179. The molecule has 0 saturated carbocycles. The van der Waals surface area contributed by atoms with Crippen molar-refractivity contribution in [3.63, 3.8) is 0 Å². The van der Waals surface area contributed by atoms with Crippen molar-refractivity contribution in [1.29, 1.82) is 0 Å². The van der Waals surface area contributed by atoms with E-state index in [9.17, 15) is 13.2 Å². The Balaban J connectivity index is 1.72. The fourth-order valence-corrected chi connectivity index (χ4v) is 4.64. The topological polar surface area (TPSA) is 89.3 Å². The van der Waals surface area contributed by atoms with Gasteiger partial charge < -0.3 is 10.1 Å². The van der Waals surface area contributed by atoms with Crippen LogP contribution in [0.15, 0.2) is 41.1 Å². The second kappa shape index (κ2) is 6.37. The van der Waals surface area contributed by atoms with Crippen LogP contribution in [0.25, 0.3) is 0 Å². The van der Waals surface area contributed by atoms with Crippen LogP contribution >= 0.6 is 0 Å². The molecule has 1 amide bonds. The summed E-state index contributed by atoms with van der Waals surface area (Å²) in [7, 11) is -1.44. The van der Waals surface area contributed by atoms with Gasteiger partial charge in [-0.2, -0.15) is 0 Å². The molecule has 2 N–H and O–H groups in total. The van der Waals surface area contributed by atoms with Gasteiger partial charge in [0.15, 0.2) is 9.84 Å². The number of carbonyl (C=O) groups is 1. The number of nitrogens with one attached hydrogen (secondary N) is 2. The van der Waals surface area contributed by atoms with Crippen LogP contribution in [-0.2, 0) is 14.6 Å². The Hall–Kier alpha value is -2.19. The lowest BCUT2D eigenvalue weighted by Crippen LogP contribution is -3.13. The molecule has 0 bridgehead atoms. The Kier molecular flexibility index (Phi) is 4.42. The Morgan fingerprint density at radius 3 is 2.62 bits per heavy atom. The maximum absolute atomic E-state index is 12.6. The van der Waals surface area contributed by atoms with Crippen LogP contribution in [0.5, 0.6) is 5.75 Å². The molecule has 2 atom stereocenters. The first-order chi connectivity index (χ1) is 11.4. The summed E-state index contributed by atoms with van der Waals surface area (Å²) in [6.07, 6.45) is 2.10. The Bertz CT molecular complexity index is 812. The normalized spacial score (nSPS) is 27.3. The van der Waals surface area contributed by atoms with Crippen molar-refractivity contribution >= 4 is 27.1 Å². The monoisotopic (exact) mass is 350 g/mol. The SMILES string of the molecule is COc1ccc(N/C=C2/C(=O)[NH+]([C@H]3CCS(=O)(=O)C3)N=C2C)cc1. The van der Waals surface area contributed by atoms with Gasteiger partial charge in [-0.15, -0.1) is 5.01 Å². The number of sulfone groups is 1. The summed E-state index contributed by atoms with van der Waals surface area (Å²) >= 11 is 0. The number of methoxy groups -OCH3 is 1. The first kappa shape index (κ1) is 16.7. The third kappa shape index (κ3) is 3.34. The number of rotatable bonds is 4. The Morgan fingerprint density at radius 2 is 2.04 bits per heavy atom. The summed E-state index contributed by atoms with van der Waals surface area (Å²) in [6.45, 7) is 1.76. The molecular formula is C16H20N3O4S+. The van der Waals surface area contributed by atoms with Gasteiger partial charge in [0.05, 0.1) is 12.9 Å². The predicted octanol–water partition coefficient (Wildman–Crippen LogP) is -0.0209. The highest BCUT2D eigenvalue weighted by atomic mass is 32.2. The quantitative estimate of drug-likeness (QED) is 0.745. The zero-order valence-electron chi connectivity index (χ0n) is 13.6. The van der Waals surface area contributed by atoms with Crippen LogP contribution in [0, 0.1) is 0 Å². The number of hydrogen-bond acceptors (Lipinski definition) is 6. The van der Waals surface area contributed by atoms with Gasteiger partial charge in [-0.25, -0.2) is 13.2 Å². The van der Waals surface area contributed by atoms with E-state index in [4.69, 9.17) is 4.74 Å². The first-order valence-corrected chi connectivity index (χ1v) is 9.50. The molecule has 7 nitrogen and oxygen atoms in total. The van der Waals surface area contributed by atoms with Crippen molar-refractivity contribution in [2.75, 3.05) is 23.9 Å². The molecule has 128 valence electrons. The highest BCUT2D eigenvalue weighted by molar-refractivity contribution is 7.91.